The maximum absolute atomic E-state index is 12.2. The molecule has 1 aliphatic rings. The molecule has 0 unspecified atom stereocenters. The molecule has 2 heterocycles. The van der Waals surface area contributed by atoms with Gasteiger partial charge in [-0.3, -0.25) is 4.79 Å². The molecule has 23 heavy (non-hydrogen) atoms. The molecule has 1 aromatic heterocycles. The van der Waals surface area contributed by atoms with Crippen LogP contribution in [0, 0.1) is 11.3 Å². The standard InChI is InChI=1S/C16H14N4O3/c1-2-22-10-5-3-9(4-6-10)12-11(7-17)14(18)23-16-13(12)15(21)19-8-20-16/h3-6,8,12H,2,18H2,1H3,(H,19,20,21)/t12-/m0/s1. The number of H-pyrrole nitrogens is 1. The molecule has 7 heteroatoms. The van der Waals surface area contributed by atoms with Crippen molar-refractivity contribution in [1.82, 2.24) is 9.97 Å². The van der Waals surface area contributed by atoms with E-state index in [1.54, 1.807) is 24.3 Å². The van der Waals surface area contributed by atoms with Crippen LogP contribution < -0.4 is 20.8 Å². The highest BCUT2D eigenvalue weighted by Gasteiger charge is 2.33. The van der Waals surface area contributed by atoms with Gasteiger partial charge in [-0.25, -0.2) is 4.98 Å². The van der Waals surface area contributed by atoms with Gasteiger partial charge < -0.3 is 20.2 Å². The van der Waals surface area contributed by atoms with Crippen molar-refractivity contribution in [3.63, 3.8) is 0 Å². The predicted molar refractivity (Wildman–Crippen MR) is 81.8 cm³/mol. The molecule has 2 aromatic rings. The summed E-state index contributed by atoms with van der Waals surface area (Å²) >= 11 is 0. The van der Waals surface area contributed by atoms with Crippen molar-refractivity contribution in [3.8, 4) is 17.7 Å². The monoisotopic (exact) mass is 310 g/mol. The number of hydrogen-bond donors (Lipinski definition) is 2. The van der Waals surface area contributed by atoms with Gasteiger partial charge in [0.15, 0.2) is 0 Å². The van der Waals surface area contributed by atoms with E-state index in [0.29, 0.717) is 12.4 Å². The van der Waals surface area contributed by atoms with Crippen LogP contribution in [0.25, 0.3) is 0 Å². The summed E-state index contributed by atoms with van der Waals surface area (Å²) in [6, 6.07) is 9.18. The Bertz CT molecular complexity index is 862. The molecule has 1 atom stereocenters. The minimum atomic E-state index is -0.628. The number of fused-ring (bicyclic) bond motifs is 1. The molecule has 1 aromatic carbocycles. The Morgan fingerprint density at radius 3 is 2.83 bits per heavy atom. The van der Waals surface area contributed by atoms with Crippen molar-refractivity contribution in [2.24, 2.45) is 5.73 Å². The van der Waals surface area contributed by atoms with E-state index >= 15 is 0 Å². The van der Waals surface area contributed by atoms with Crippen molar-refractivity contribution in [2.75, 3.05) is 6.61 Å². The zero-order chi connectivity index (χ0) is 16.4. The minimum absolute atomic E-state index is 0.0445. The largest absolute Gasteiger partial charge is 0.494 e. The number of aromatic amines is 1. The average molecular weight is 310 g/mol. The predicted octanol–water partition coefficient (Wildman–Crippen LogP) is 1.39. The van der Waals surface area contributed by atoms with Gasteiger partial charge in [-0.1, -0.05) is 12.1 Å². The number of aromatic nitrogens is 2. The molecule has 0 spiro atoms. The maximum atomic E-state index is 12.2. The molecular formula is C16H14N4O3. The Morgan fingerprint density at radius 1 is 1.43 bits per heavy atom. The number of nitrogens with zero attached hydrogens (tertiary/aromatic N) is 2. The fourth-order valence-corrected chi connectivity index (χ4v) is 2.55. The molecule has 0 amide bonds. The van der Waals surface area contributed by atoms with E-state index < -0.39 is 5.92 Å². The zero-order valence-electron chi connectivity index (χ0n) is 12.4. The highest BCUT2D eigenvalue weighted by atomic mass is 16.5. The molecule has 0 saturated heterocycles. The molecule has 116 valence electrons. The SMILES string of the molecule is CCOc1ccc([C@H]2C(C#N)=C(N)Oc3nc[nH]c(=O)c32)cc1. The van der Waals surface area contributed by atoms with Gasteiger partial charge in [-0.2, -0.15) is 5.26 Å². The summed E-state index contributed by atoms with van der Waals surface area (Å²) in [5, 5.41) is 9.42. The van der Waals surface area contributed by atoms with E-state index in [4.69, 9.17) is 15.2 Å². The lowest BCUT2D eigenvalue weighted by atomic mass is 9.85. The second kappa shape index (κ2) is 5.85. The van der Waals surface area contributed by atoms with Crippen molar-refractivity contribution in [3.05, 3.63) is 63.5 Å². The number of benzene rings is 1. The van der Waals surface area contributed by atoms with Crippen molar-refractivity contribution >= 4 is 0 Å². The quantitative estimate of drug-likeness (QED) is 0.885. The molecule has 0 bridgehead atoms. The third kappa shape index (κ3) is 2.51. The first-order valence-corrected chi connectivity index (χ1v) is 7.03. The maximum Gasteiger partial charge on any atom is 0.258 e. The van der Waals surface area contributed by atoms with Crippen molar-refractivity contribution < 1.29 is 9.47 Å². The van der Waals surface area contributed by atoms with Crippen LogP contribution >= 0.6 is 0 Å². The van der Waals surface area contributed by atoms with Gasteiger partial charge in [-0.05, 0) is 24.6 Å². The third-order valence-electron chi connectivity index (χ3n) is 3.55. The van der Waals surface area contributed by atoms with Crippen LogP contribution in [0.2, 0.25) is 0 Å². The molecule has 0 saturated carbocycles. The first-order chi connectivity index (χ1) is 11.2. The van der Waals surface area contributed by atoms with Gasteiger partial charge in [0, 0.05) is 0 Å². The molecule has 0 aliphatic carbocycles. The van der Waals surface area contributed by atoms with Crippen LogP contribution in [0.15, 0.2) is 46.8 Å². The fourth-order valence-electron chi connectivity index (χ4n) is 2.55. The highest BCUT2D eigenvalue weighted by molar-refractivity contribution is 5.53. The fraction of sp³-hybridized carbons (Fsp3) is 0.188. The van der Waals surface area contributed by atoms with Gasteiger partial charge in [0.1, 0.15) is 17.4 Å². The van der Waals surface area contributed by atoms with E-state index in [9.17, 15) is 10.1 Å². The first-order valence-electron chi connectivity index (χ1n) is 7.03. The summed E-state index contributed by atoms with van der Waals surface area (Å²) in [5.41, 5.74) is 6.63. The van der Waals surface area contributed by atoms with Crippen LogP contribution in [0.4, 0.5) is 0 Å². The second-order valence-corrected chi connectivity index (χ2v) is 4.88. The van der Waals surface area contributed by atoms with Gasteiger partial charge in [-0.15, -0.1) is 0 Å². The summed E-state index contributed by atoms with van der Waals surface area (Å²) < 4.78 is 10.7. The lowest BCUT2D eigenvalue weighted by molar-refractivity contribution is 0.340. The van der Waals surface area contributed by atoms with E-state index in [0.717, 1.165) is 5.56 Å². The van der Waals surface area contributed by atoms with E-state index in [1.807, 2.05) is 13.0 Å². The van der Waals surface area contributed by atoms with Gasteiger partial charge in [0.2, 0.25) is 11.8 Å². The Morgan fingerprint density at radius 2 is 2.17 bits per heavy atom. The number of nitrogens with two attached hydrogens (primary N) is 1. The lowest BCUT2D eigenvalue weighted by Gasteiger charge is -2.24. The topological polar surface area (TPSA) is 114 Å². The average Bonchev–Trinajstić information content (AvgIpc) is 2.55. The number of nitrogens with one attached hydrogen (secondary N) is 1. The summed E-state index contributed by atoms with van der Waals surface area (Å²) in [5.74, 6) is 0.150. The zero-order valence-corrected chi connectivity index (χ0v) is 12.4. The van der Waals surface area contributed by atoms with Crippen LogP contribution in [-0.2, 0) is 0 Å². The molecule has 0 fully saturated rings. The second-order valence-electron chi connectivity index (χ2n) is 4.88. The van der Waals surface area contributed by atoms with E-state index in [2.05, 4.69) is 9.97 Å². The number of ether oxygens (including phenoxy) is 2. The Kier molecular flexibility index (Phi) is 3.73. The molecular weight excluding hydrogens is 296 g/mol. The summed E-state index contributed by atoms with van der Waals surface area (Å²) in [7, 11) is 0. The molecule has 1 aliphatic heterocycles. The first kappa shape index (κ1) is 14.7. The Hall–Kier alpha value is -3.27. The molecule has 3 rings (SSSR count). The smallest absolute Gasteiger partial charge is 0.258 e. The van der Waals surface area contributed by atoms with Crippen LogP contribution in [0.3, 0.4) is 0 Å². The van der Waals surface area contributed by atoms with Crippen LogP contribution in [-0.4, -0.2) is 16.6 Å². The van der Waals surface area contributed by atoms with E-state index in [-0.39, 0.29) is 28.5 Å². The van der Waals surface area contributed by atoms with Gasteiger partial charge in [0.05, 0.1) is 24.4 Å². The number of hydrogen-bond acceptors (Lipinski definition) is 6. The van der Waals surface area contributed by atoms with E-state index in [1.165, 1.54) is 6.33 Å². The van der Waals surface area contributed by atoms with Gasteiger partial charge in [0.25, 0.3) is 5.56 Å². The molecule has 7 nitrogen and oxygen atoms in total. The highest BCUT2D eigenvalue weighted by Crippen LogP contribution is 2.38. The number of rotatable bonds is 3. The van der Waals surface area contributed by atoms with Gasteiger partial charge >= 0.3 is 0 Å². The normalized spacial score (nSPS) is 16.3. The summed E-state index contributed by atoms with van der Waals surface area (Å²) in [6.45, 7) is 2.45. The van der Waals surface area contributed by atoms with Crippen molar-refractivity contribution in [2.45, 2.75) is 12.8 Å². The van der Waals surface area contributed by atoms with Crippen LogP contribution in [0.5, 0.6) is 11.6 Å². The Balaban J connectivity index is 2.16. The minimum Gasteiger partial charge on any atom is -0.494 e. The van der Waals surface area contributed by atoms with Crippen LogP contribution in [0.1, 0.15) is 24.0 Å². The Labute approximate surface area is 132 Å². The lowest BCUT2D eigenvalue weighted by Crippen LogP contribution is -2.28. The van der Waals surface area contributed by atoms with Crippen molar-refractivity contribution in [1.29, 1.82) is 5.26 Å². The molecule has 3 N–H and O–H groups in total. The number of nitriles is 1. The third-order valence-corrected chi connectivity index (χ3v) is 3.55. The number of allylic oxidation sites excluding steroid dienone is 1. The summed E-state index contributed by atoms with van der Waals surface area (Å²) in [6.07, 6.45) is 1.24. The summed E-state index contributed by atoms with van der Waals surface area (Å²) in [4.78, 5) is 18.7. The molecule has 0 radical (unpaired) electrons.